The third-order valence-corrected chi connectivity index (χ3v) is 4.98. The summed E-state index contributed by atoms with van der Waals surface area (Å²) in [6, 6.07) is 12.8. The molecule has 0 unspecified atom stereocenters. The number of methoxy groups -OCH3 is 1. The minimum absolute atomic E-state index is 0.000833. The molecular formula is C21H25FN2O2. The lowest BCUT2D eigenvalue weighted by Crippen LogP contribution is -2.45. The van der Waals surface area contributed by atoms with Crippen LogP contribution in [0.2, 0.25) is 0 Å². The fraction of sp³-hybridized carbons (Fsp3) is 0.381. The molecule has 5 heteroatoms. The zero-order chi connectivity index (χ0) is 18.5. The molecule has 1 heterocycles. The number of ether oxygens (including phenoxy) is 1. The number of nitrogens with one attached hydrogen (secondary N) is 1. The van der Waals surface area contributed by atoms with Crippen LogP contribution in [0.1, 0.15) is 23.1 Å². The van der Waals surface area contributed by atoms with Gasteiger partial charge in [-0.25, -0.2) is 4.39 Å². The summed E-state index contributed by atoms with van der Waals surface area (Å²) in [6.45, 7) is 1.47. The van der Waals surface area contributed by atoms with Crippen molar-refractivity contribution in [2.24, 2.45) is 0 Å². The van der Waals surface area contributed by atoms with E-state index in [0.29, 0.717) is 19.4 Å². The van der Waals surface area contributed by atoms with Gasteiger partial charge in [0.25, 0.3) is 0 Å². The topological polar surface area (TPSA) is 41.6 Å². The average Bonchev–Trinajstić information content (AvgIpc) is 2.64. The van der Waals surface area contributed by atoms with Gasteiger partial charge in [-0.3, -0.25) is 9.69 Å². The van der Waals surface area contributed by atoms with Gasteiger partial charge in [-0.2, -0.15) is 0 Å². The molecule has 4 nitrogen and oxygen atoms in total. The van der Waals surface area contributed by atoms with Crippen molar-refractivity contribution in [1.82, 2.24) is 10.2 Å². The van der Waals surface area contributed by atoms with Gasteiger partial charge in [0, 0.05) is 25.6 Å². The number of fused-ring (bicyclic) bond motifs is 1. The third-order valence-electron chi connectivity index (χ3n) is 4.98. The third kappa shape index (κ3) is 4.61. The number of amides is 1. The van der Waals surface area contributed by atoms with Crippen LogP contribution in [-0.4, -0.2) is 37.6 Å². The molecule has 0 spiro atoms. The summed E-state index contributed by atoms with van der Waals surface area (Å²) >= 11 is 0. The van der Waals surface area contributed by atoms with Crippen LogP contribution in [0.15, 0.2) is 42.5 Å². The van der Waals surface area contributed by atoms with E-state index in [1.165, 1.54) is 23.3 Å². The number of benzene rings is 2. The van der Waals surface area contributed by atoms with Crippen molar-refractivity contribution in [1.29, 1.82) is 0 Å². The lowest BCUT2D eigenvalue weighted by Gasteiger charge is -2.34. The lowest BCUT2D eigenvalue weighted by atomic mass is 9.94. The number of likely N-dealkylation sites (N-methyl/N-ethyl adjacent to an activating group) is 1. The van der Waals surface area contributed by atoms with Crippen molar-refractivity contribution in [2.45, 2.75) is 31.8 Å². The summed E-state index contributed by atoms with van der Waals surface area (Å²) in [6.07, 6.45) is 1.79. The quantitative estimate of drug-likeness (QED) is 0.865. The molecule has 1 N–H and O–H groups in total. The predicted molar refractivity (Wildman–Crippen MR) is 99.7 cm³/mol. The average molecular weight is 356 g/mol. The van der Waals surface area contributed by atoms with Gasteiger partial charge in [0.1, 0.15) is 11.6 Å². The first-order chi connectivity index (χ1) is 12.5. The Balaban J connectivity index is 1.51. The summed E-state index contributed by atoms with van der Waals surface area (Å²) in [5.74, 6) is 0.603. The number of carbonyl (C=O) groups excluding carboxylic acids is 1. The SMILES string of the molecule is COc1ccc2c(c1)C[C@H](CNC(=O)CCc1cccc(F)c1)N(C)C2. The standard InChI is InChI=1S/C21H25FN2O2/c1-24-14-16-7-8-20(26-2)12-17(16)11-19(24)13-23-21(25)9-6-15-4-3-5-18(22)10-15/h3-5,7-8,10,12,19H,6,9,11,13-14H2,1-2H3,(H,23,25)/t19-/m1/s1. The van der Waals surface area contributed by atoms with Gasteiger partial charge in [-0.15, -0.1) is 0 Å². The Morgan fingerprint density at radius 2 is 2.12 bits per heavy atom. The Hall–Kier alpha value is -2.40. The van der Waals surface area contributed by atoms with Crippen LogP contribution in [0.5, 0.6) is 5.75 Å². The van der Waals surface area contributed by atoms with Crippen LogP contribution in [0.4, 0.5) is 4.39 Å². The van der Waals surface area contributed by atoms with Crippen molar-refractivity contribution in [3.63, 3.8) is 0 Å². The molecule has 3 rings (SSSR count). The zero-order valence-electron chi connectivity index (χ0n) is 15.3. The number of hydrogen-bond acceptors (Lipinski definition) is 3. The first kappa shape index (κ1) is 18.4. The number of aryl methyl sites for hydroxylation is 1. The molecule has 1 atom stereocenters. The van der Waals surface area contributed by atoms with Crippen molar-refractivity contribution in [2.75, 3.05) is 20.7 Å². The second kappa shape index (κ2) is 8.32. The minimum atomic E-state index is -0.263. The van der Waals surface area contributed by atoms with Gasteiger partial charge in [0.15, 0.2) is 0 Å². The monoisotopic (exact) mass is 356 g/mol. The second-order valence-corrected chi connectivity index (χ2v) is 6.84. The zero-order valence-corrected chi connectivity index (χ0v) is 15.3. The molecule has 0 aromatic heterocycles. The summed E-state index contributed by atoms with van der Waals surface area (Å²) < 4.78 is 18.5. The molecule has 0 saturated carbocycles. The highest BCUT2D eigenvalue weighted by molar-refractivity contribution is 5.76. The Labute approximate surface area is 154 Å². The predicted octanol–water partition coefficient (Wildman–Crippen LogP) is 2.94. The van der Waals surface area contributed by atoms with Crippen LogP contribution in [-0.2, 0) is 24.2 Å². The maximum absolute atomic E-state index is 13.2. The van der Waals surface area contributed by atoms with Crippen LogP contribution >= 0.6 is 0 Å². The molecule has 1 aliphatic heterocycles. The van der Waals surface area contributed by atoms with Gasteiger partial charge in [0.2, 0.25) is 5.91 Å². The first-order valence-electron chi connectivity index (χ1n) is 8.92. The number of nitrogens with zero attached hydrogens (tertiary/aromatic N) is 1. The van der Waals surface area contributed by atoms with Crippen molar-refractivity contribution in [3.8, 4) is 5.75 Å². The molecule has 1 aliphatic rings. The van der Waals surface area contributed by atoms with Gasteiger partial charge in [-0.05, 0) is 60.8 Å². The van der Waals surface area contributed by atoms with E-state index in [1.807, 2.05) is 12.1 Å². The highest BCUT2D eigenvalue weighted by Gasteiger charge is 2.24. The van der Waals surface area contributed by atoms with Crippen LogP contribution in [0.3, 0.4) is 0 Å². The molecule has 2 aromatic rings. The lowest BCUT2D eigenvalue weighted by molar-refractivity contribution is -0.121. The molecule has 0 radical (unpaired) electrons. The summed E-state index contributed by atoms with van der Waals surface area (Å²) in [4.78, 5) is 14.4. The van der Waals surface area contributed by atoms with E-state index in [-0.39, 0.29) is 17.8 Å². The fourth-order valence-electron chi connectivity index (χ4n) is 3.38. The van der Waals surface area contributed by atoms with E-state index in [1.54, 1.807) is 13.2 Å². The van der Waals surface area contributed by atoms with Gasteiger partial charge < -0.3 is 10.1 Å². The molecule has 26 heavy (non-hydrogen) atoms. The summed E-state index contributed by atoms with van der Waals surface area (Å²) in [7, 11) is 3.75. The number of hydrogen-bond donors (Lipinski definition) is 1. The fourth-order valence-corrected chi connectivity index (χ4v) is 3.38. The first-order valence-corrected chi connectivity index (χ1v) is 8.92. The van der Waals surface area contributed by atoms with Crippen molar-refractivity contribution in [3.05, 3.63) is 65.0 Å². The Bertz CT molecular complexity index is 778. The molecule has 1 amide bonds. The van der Waals surface area contributed by atoms with E-state index < -0.39 is 0 Å². The van der Waals surface area contributed by atoms with Gasteiger partial charge >= 0.3 is 0 Å². The Morgan fingerprint density at radius 3 is 2.88 bits per heavy atom. The second-order valence-electron chi connectivity index (χ2n) is 6.84. The maximum atomic E-state index is 13.2. The molecule has 138 valence electrons. The largest absolute Gasteiger partial charge is 0.497 e. The summed E-state index contributed by atoms with van der Waals surface area (Å²) in [5.41, 5.74) is 3.43. The molecule has 0 bridgehead atoms. The van der Waals surface area contributed by atoms with Gasteiger partial charge in [0.05, 0.1) is 7.11 Å². The van der Waals surface area contributed by atoms with Gasteiger partial charge in [-0.1, -0.05) is 18.2 Å². The maximum Gasteiger partial charge on any atom is 0.220 e. The molecule has 0 fully saturated rings. The van der Waals surface area contributed by atoms with E-state index >= 15 is 0 Å². The smallest absolute Gasteiger partial charge is 0.220 e. The van der Waals surface area contributed by atoms with Crippen LogP contribution in [0.25, 0.3) is 0 Å². The summed E-state index contributed by atoms with van der Waals surface area (Å²) in [5, 5.41) is 3.02. The normalized spacial score (nSPS) is 16.8. The number of halogens is 1. The molecule has 0 aliphatic carbocycles. The van der Waals surface area contributed by atoms with Crippen LogP contribution in [0, 0.1) is 5.82 Å². The van der Waals surface area contributed by atoms with E-state index in [9.17, 15) is 9.18 Å². The van der Waals surface area contributed by atoms with E-state index in [0.717, 1.165) is 24.3 Å². The van der Waals surface area contributed by atoms with Crippen molar-refractivity contribution >= 4 is 5.91 Å². The molecule has 2 aromatic carbocycles. The van der Waals surface area contributed by atoms with E-state index in [2.05, 4.69) is 29.4 Å². The highest BCUT2D eigenvalue weighted by atomic mass is 19.1. The number of rotatable bonds is 6. The molecular weight excluding hydrogens is 331 g/mol. The Kier molecular flexibility index (Phi) is 5.89. The van der Waals surface area contributed by atoms with E-state index in [4.69, 9.17) is 4.74 Å². The number of carbonyl (C=O) groups is 1. The van der Waals surface area contributed by atoms with Crippen molar-refractivity contribution < 1.29 is 13.9 Å². The van der Waals surface area contributed by atoms with Crippen LogP contribution < -0.4 is 10.1 Å². The molecule has 0 saturated heterocycles. The Morgan fingerprint density at radius 1 is 1.27 bits per heavy atom. The minimum Gasteiger partial charge on any atom is -0.497 e. The highest BCUT2D eigenvalue weighted by Crippen LogP contribution is 2.25.